The van der Waals surface area contributed by atoms with Crippen LogP contribution in [0, 0.1) is 0 Å². The zero-order valence-electron chi connectivity index (χ0n) is 10.4. The minimum atomic E-state index is -0.193. The Bertz CT molecular complexity index is 360. The van der Waals surface area contributed by atoms with Gasteiger partial charge >= 0.3 is 5.97 Å². The maximum Gasteiger partial charge on any atom is 0.335 e. The topological polar surface area (TPSA) is 38.8 Å². The number of esters is 1. The summed E-state index contributed by atoms with van der Waals surface area (Å²) in [5.41, 5.74) is 1.92. The number of hydrogen-bond donors (Lipinski definition) is 0. The zero-order chi connectivity index (χ0) is 12.3. The maximum atomic E-state index is 11.8. The monoisotopic (exact) mass is 237 g/mol. The summed E-state index contributed by atoms with van der Waals surface area (Å²) in [6.07, 6.45) is 7.84. The minimum absolute atomic E-state index is 0.0844. The zero-order valence-corrected chi connectivity index (χ0v) is 10.4. The number of rotatable bonds is 2. The van der Waals surface area contributed by atoms with E-state index in [4.69, 9.17) is 9.47 Å². The van der Waals surface area contributed by atoms with E-state index < -0.39 is 0 Å². The first-order chi connectivity index (χ1) is 8.27. The van der Waals surface area contributed by atoms with Gasteiger partial charge in [0.2, 0.25) is 0 Å². The normalized spacial score (nSPS) is 24.4. The van der Waals surface area contributed by atoms with E-state index >= 15 is 0 Å². The second-order valence-electron chi connectivity index (χ2n) is 4.31. The van der Waals surface area contributed by atoms with Gasteiger partial charge in [-0.05, 0) is 25.7 Å². The van der Waals surface area contributed by atoms with Crippen LogP contribution in [-0.2, 0) is 14.3 Å². The highest BCUT2D eigenvalue weighted by Gasteiger charge is 2.31. The quantitative estimate of drug-likeness (QED) is 0.542. The molecule has 2 aliphatic heterocycles. The van der Waals surface area contributed by atoms with Crippen LogP contribution in [0.5, 0.6) is 0 Å². The van der Waals surface area contributed by atoms with Crippen LogP contribution in [0.15, 0.2) is 23.4 Å². The summed E-state index contributed by atoms with van der Waals surface area (Å²) < 4.78 is 10.3. The van der Waals surface area contributed by atoms with Gasteiger partial charge in [0.1, 0.15) is 6.23 Å². The van der Waals surface area contributed by atoms with Crippen molar-refractivity contribution in [3.05, 3.63) is 23.4 Å². The van der Waals surface area contributed by atoms with E-state index in [0.29, 0.717) is 0 Å². The van der Waals surface area contributed by atoms with Gasteiger partial charge in [0.25, 0.3) is 0 Å². The second-order valence-corrected chi connectivity index (χ2v) is 4.31. The Kier molecular flexibility index (Phi) is 3.84. The average molecular weight is 237 g/mol. The van der Waals surface area contributed by atoms with E-state index in [1.165, 1.54) is 7.11 Å². The summed E-state index contributed by atoms with van der Waals surface area (Å²) in [6.45, 7) is 0.814. The molecule has 4 nitrogen and oxygen atoms in total. The third-order valence-corrected chi connectivity index (χ3v) is 3.40. The molecule has 0 N–H and O–H groups in total. The molecule has 0 saturated heterocycles. The van der Waals surface area contributed by atoms with E-state index in [2.05, 4.69) is 17.1 Å². The summed E-state index contributed by atoms with van der Waals surface area (Å²) in [5, 5.41) is 0. The highest BCUT2D eigenvalue weighted by atomic mass is 16.5. The van der Waals surface area contributed by atoms with E-state index in [0.717, 1.165) is 43.5 Å². The number of allylic oxidation sites excluding steroid dienone is 2. The maximum absolute atomic E-state index is 11.8. The summed E-state index contributed by atoms with van der Waals surface area (Å²) >= 11 is 0. The summed E-state index contributed by atoms with van der Waals surface area (Å²) in [7, 11) is 3.16. The largest absolute Gasteiger partial charge is 0.466 e. The van der Waals surface area contributed by atoms with Gasteiger partial charge in [0.15, 0.2) is 0 Å². The molecule has 0 radical (unpaired) electrons. The number of hydrogen-bond acceptors (Lipinski definition) is 4. The highest BCUT2D eigenvalue weighted by molar-refractivity contribution is 5.89. The number of methoxy groups -OCH3 is 2. The van der Waals surface area contributed by atoms with Crippen molar-refractivity contribution in [1.82, 2.24) is 4.90 Å². The van der Waals surface area contributed by atoms with Crippen molar-refractivity contribution in [3.8, 4) is 0 Å². The van der Waals surface area contributed by atoms with Crippen molar-refractivity contribution >= 4 is 5.97 Å². The Labute approximate surface area is 102 Å². The van der Waals surface area contributed by atoms with Crippen molar-refractivity contribution < 1.29 is 14.3 Å². The Morgan fingerprint density at radius 2 is 2.18 bits per heavy atom. The molecule has 2 aliphatic rings. The van der Waals surface area contributed by atoms with Gasteiger partial charge in [-0.15, -0.1) is 0 Å². The van der Waals surface area contributed by atoms with Crippen LogP contribution in [-0.4, -0.2) is 37.9 Å². The van der Waals surface area contributed by atoms with Crippen LogP contribution in [0.2, 0.25) is 0 Å². The van der Waals surface area contributed by atoms with Crippen LogP contribution >= 0.6 is 0 Å². The van der Waals surface area contributed by atoms with Gasteiger partial charge in [-0.1, -0.05) is 12.2 Å². The highest BCUT2D eigenvalue weighted by Crippen LogP contribution is 2.32. The second kappa shape index (κ2) is 5.36. The fourth-order valence-electron chi connectivity index (χ4n) is 2.55. The number of carbonyl (C=O) groups is 1. The Balaban J connectivity index is 2.33. The molecule has 0 spiro atoms. The molecule has 1 unspecified atom stereocenters. The third-order valence-electron chi connectivity index (χ3n) is 3.40. The number of nitrogens with zero attached hydrogens (tertiary/aromatic N) is 1. The smallest absolute Gasteiger partial charge is 0.335 e. The lowest BCUT2D eigenvalue weighted by molar-refractivity contribution is -0.137. The van der Waals surface area contributed by atoms with E-state index in [1.54, 1.807) is 7.11 Å². The van der Waals surface area contributed by atoms with Crippen LogP contribution in [0.25, 0.3) is 0 Å². The van der Waals surface area contributed by atoms with Crippen LogP contribution in [0.1, 0.15) is 25.7 Å². The molecule has 0 aromatic rings. The third kappa shape index (κ3) is 2.36. The average Bonchev–Trinajstić information content (AvgIpc) is 2.62. The number of carbonyl (C=O) groups excluding carboxylic acids is 1. The first-order valence-corrected chi connectivity index (χ1v) is 6.02. The van der Waals surface area contributed by atoms with E-state index in [9.17, 15) is 4.79 Å². The Morgan fingerprint density at radius 1 is 1.35 bits per heavy atom. The van der Waals surface area contributed by atoms with Gasteiger partial charge in [0, 0.05) is 19.4 Å². The van der Waals surface area contributed by atoms with E-state index in [-0.39, 0.29) is 12.2 Å². The standard InChI is InChI=1S/C13H19NO3/c1-16-12-8-7-10(13(15)17-2)11-6-4-3-5-9-14(11)12/h3,5,12H,4,6-9H2,1-2H3. The first-order valence-electron chi connectivity index (χ1n) is 6.02. The predicted molar refractivity (Wildman–Crippen MR) is 64.2 cm³/mol. The summed E-state index contributed by atoms with van der Waals surface area (Å²) in [4.78, 5) is 13.9. The van der Waals surface area contributed by atoms with Gasteiger partial charge in [-0.3, -0.25) is 0 Å². The molecule has 2 heterocycles. The minimum Gasteiger partial charge on any atom is -0.466 e. The summed E-state index contributed by atoms with van der Waals surface area (Å²) in [5.74, 6) is -0.193. The van der Waals surface area contributed by atoms with Crippen molar-refractivity contribution in [3.63, 3.8) is 0 Å². The molecule has 0 amide bonds. The first kappa shape index (κ1) is 12.2. The fraction of sp³-hybridized carbons (Fsp3) is 0.615. The Morgan fingerprint density at radius 3 is 2.88 bits per heavy atom. The molecule has 94 valence electrons. The van der Waals surface area contributed by atoms with E-state index in [1.807, 2.05) is 0 Å². The van der Waals surface area contributed by atoms with Gasteiger partial charge in [-0.25, -0.2) is 4.79 Å². The Hall–Kier alpha value is -1.29. The molecule has 0 aliphatic carbocycles. The SMILES string of the molecule is COC(=O)C1=C2CCC=CCN2C(OC)CC1. The molecule has 4 heteroatoms. The van der Waals surface area contributed by atoms with Crippen molar-refractivity contribution in [1.29, 1.82) is 0 Å². The van der Waals surface area contributed by atoms with Crippen molar-refractivity contribution in [2.45, 2.75) is 31.9 Å². The number of ether oxygens (including phenoxy) is 2. The van der Waals surface area contributed by atoms with Crippen molar-refractivity contribution in [2.24, 2.45) is 0 Å². The molecule has 0 saturated carbocycles. The molecule has 1 atom stereocenters. The van der Waals surface area contributed by atoms with Crippen LogP contribution in [0.4, 0.5) is 0 Å². The molecule has 2 rings (SSSR count). The number of fused-ring (bicyclic) bond motifs is 1. The lowest BCUT2D eigenvalue weighted by Crippen LogP contribution is -2.40. The molecule has 0 bridgehead atoms. The van der Waals surface area contributed by atoms with Gasteiger partial charge < -0.3 is 14.4 Å². The van der Waals surface area contributed by atoms with Crippen molar-refractivity contribution in [2.75, 3.05) is 20.8 Å². The summed E-state index contributed by atoms with van der Waals surface area (Å²) in [6, 6.07) is 0. The molecule has 0 aromatic carbocycles. The molecule has 0 aromatic heterocycles. The van der Waals surface area contributed by atoms with Gasteiger partial charge in [0.05, 0.1) is 12.7 Å². The molecule has 0 fully saturated rings. The van der Waals surface area contributed by atoms with Crippen LogP contribution < -0.4 is 0 Å². The van der Waals surface area contributed by atoms with Gasteiger partial charge in [-0.2, -0.15) is 0 Å². The lowest BCUT2D eigenvalue weighted by atomic mass is 9.98. The molecular weight excluding hydrogens is 218 g/mol. The molecular formula is C13H19NO3. The molecule has 17 heavy (non-hydrogen) atoms. The fourth-order valence-corrected chi connectivity index (χ4v) is 2.55. The lowest BCUT2D eigenvalue weighted by Gasteiger charge is -2.38. The predicted octanol–water partition coefficient (Wildman–Crippen LogP) is 1.83. The van der Waals surface area contributed by atoms with Crippen LogP contribution in [0.3, 0.4) is 0 Å².